The number of rotatable bonds is 8. The molecule has 1 aromatic heterocycles. The lowest BCUT2D eigenvalue weighted by atomic mass is 10.1. The molecule has 0 spiro atoms. The first kappa shape index (κ1) is 23.4. The van der Waals surface area contributed by atoms with Crippen LogP contribution in [0, 0.1) is 13.8 Å². The second-order valence-corrected chi connectivity index (χ2v) is 8.24. The first-order valence-electron chi connectivity index (χ1n) is 10.1. The van der Waals surface area contributed by atoms with E-state index in [-0.39, 0.29) is 12.4 Å². The van der Waals surface area contributed by atoms with E-state index in [2.05, 4.69) is 5.32 Å². The van der Waals surface area contributed by atoms with Crippen LogP contribution in [0.25, 0.3) is 11.0 Å². The second-order valence-electron chi connectivity index (χ2n) is 7.26. The van der Waals surface area contributed by atoms with Crippen molar-refractivity contribution in [3.63, 3.8) is 0 Å². The summed E-state index contributed by atoms with van der Waals surface area (Å²) in [5.74, 6) is 0.243. The quantitative estimate of drug-likeness (QED) is 0.306. The molecule has 3 aromatic rings. The van der Waals surface area contributed by atoms with Crippen molar-refractivity contribution in [2.24, 2.45) is 0 Å². The van der Waals surface area contributed by atoms with Crippen molar-refractivity contribution >= 4 is 34.8 Å². The molecule has 3 rings (SSSR count). The number of carbonyl (C=O) groups is 2. The molecule has 0 aliphatic rings. The van der Waals surface area contributed by atoms with Gasteiger partial charge in [0.25, 0.3) is 0 Å². The van der Waals surface area contributed by atoms with Gasteiger partial charge in [-0.1, -0.05) is 30.3 Å². The van der Waals surface area contributed by atoms with Gasteiger partial charge in [0.1, 0.15) is 24.0 Å². The van der Waals surface area contributed by atoms with Gasteiger partial charge in [0.15, 0.2) is 0 Å². The molecule has 0 saturated heterocycles. The zero-order valence-electron chi connectivity index (χ0n) is 18.2. The maximum atomic E-state index is 12.8. The third-order valence-corrected chi connectivity index (χ3v) is 5.69. The summed E-state index contributed by atoms with van der Waals surface area (Å²) in [6.45, 7) is 3.64. The highest BCUT2D eigenvalue weighted by molar-refractivity contribution is 7.98. The Balaban J connectivity index is 1.69. The Bertz CT molecular complexity index is 1160. The summed E-state index contributed by atoms with van der Waals surface area (Å²) in [4.78, 5) is 37.0. The Morgan fingerprint density at radius 2 is 1.84 bits per heavy atom. The molecule has 7 nitrogen and oxygen atoms in total. The fourth-order valence-corrected chi connectivity index (χ4v) is 3.54. The van der Waals surface area contributed by atoms with Crippen molar-refractivity contribution in [1.82, 2.24) is 5.32 Å². The van der Waals surface area contributed by atoms with E-state index in [1.807, 2.05) is 43.5 Å². The summed E-state index contributed by atoms with van der Waals surface area (Å²) in [5.41, 5.74) is 2.10. The molecule has 0 aliphatic heterocycles. The Hall–Kier alpha value is -3.26. The molecule has 168 valence electrons. The first-order valence-corrected chi connectivity index (χ1v) is 11.5. The van der Waals surface area contributed by atoms with E-state index in [1.165, 1.54) is 6.07 Å². The molecule has 1 heterocycles. The van der Waals surface area contributed by atoms with E-state index in [0.29, 0.717) is 23.3 Å². The number of amides is 1. The number of ether oxygens (including phenoxy) is 2. The van der Waals surface area contributed by atoms with Crippen molar-refractivity contribution in [2.45, 2.75) is 32.9 Å². The normalized spacial score (nSPS) is 11.7. The molecule has 32 heavy (non-hydrogen) atoms. The van der Waals surface area contributed by atoms with E-state index in [4.69, 9.17) is 13.9 Å². The van der Waals surface area contributed by atoms with Crippen molar-refractivity contribution in [3.05, 3.63) is 75.6 Å². The zero-order valence-corrected chi connectivity index (χ0v) is 19.0. The standard InChI is InChI=1S/C24H25NO6S/c1-15-16(2)22(26)31-21-13-18(9-10-19(15)21)30-23(27)20(11-12-32-3)25-24(28)29-14-17-7-5-4-6-8-17/h4-10,13,20H,11-12,14H2,1-3H3,(H,25,28). The van der Waals surface area contributed by atoms with Crippen LogP contribution in [0.2, 0.25) is 0 Å². The van der Waals surface area contributed by atoms with Gasteiger partial charge in [0, 0.05) is 17.0 Å². The average molecular weight is 456 g/mol. The van der Waals surface area contributed by atoms with Crippen LogP contribution >= 0.6 is 11.8 Å². The maximum absolute atomic E-state index is 12.8. The molecule has 0 bridgehead atoms. The minimum absolute atomic E-state index is 0.0967. The maximum Gasteiger partial charge on any atom is 0.408 e. The number of hydrogen-bond donors (Lipinski definition) is 1. The van der Waals surface area contributed by atoms with E-state index in [9.17, 15) is 14.4 Å². The molecule has 0 fully saturated rings. The Morgan fingerprint density at radius 1 is 1.09 bits per heavy atom. The second kappa shape index (κ2) is 10.9. The molecule has 0 saturated carbocycles. The zero-order chi connectivity index (χ0) is 23.1. The molecule has 1 N–H and O–H groups in total. The average Bonchev–Trinajstić information content (AvgIpc) is 2.79. The Morgan fingerprint density at radius 3 is 2.56 bits per heavy atom. The van der Waals surface area contributed by atoms with Crippen molar-refractivity contribution < 1.29 is 23.5 Å². The van der Waals surface area contributed by atoms with E-state index in [1.54, 1.807) is 30.8 Å². The fraction of sp³-hybridized carbons (Fsp3) is 0.292. The number of fused-ring (bicyclic) bond motifs is 1. The summed E-state index contributed by atoms with van der Waals surface area (Å²) in [5, 5.41) is 3.35. The first-order chi connectivity index (χ1) is 15.4. The lowest BCUT2D eigenvalue weighted by molar-refractivity contribution is -0.136. The van der Waals surface area contributed by atoms with Crippen LogP contribution in [0.4, 0.5) is 4.79 Å². The van der Waals surface area contributed by atoms with Crippen LogP contribution in [0.1, 0.15) is 23.1 Å². The number of thioether (sulfide) groups is 1. The predicted octanol–water partition coefficient (Wildman–Crippen LogP) is 4.36. The number of hydrogen-bond acceptors (Lipinski definition) is 7. The number of benzene rings is 2. The molecule has 1 amide bonds. The molecular weight excluding hydrogens is 430 g/mol. The Labute approximate surface area is 190 Å². The van der Waals surface area contributed by atoms with Gasteiger partial charge in [-0.15, -0.1) is 0 Å². The number of nitrogens with one attached hydrogen (secondary N) is 1. The topological polar surface area (TPSA) is 94.8 Å². The minimum Gasteiger partial charge on any atom is -0.445 e. The van der Waals surface area contributed by atoms with Crippen LogP contribution in [0.5, 0.6) is 5.75 Å². The predicted molar refractivity (Wildman–Crippen MR) is 124 cm³/mol. The number of alkyl carbamates (subject to hydrolysis) is 1. The van der Waals surface area contributed by atoms with Gasteiger partial charge in [-0.3, -0.25) is 0 Å². The number of esters is 1. The summed E-state index contributed by atoms with van der Waals surface area (Å²) in [6, 6.07) is 13.2. The molecule has 1 atom stereocenters. The molecule has 0 radical (unpaired) electrons. The molecule has 1 unspecified atom stereocenters. The van der Waals surface area contributed by atoms with Gasteiger partial charge in [0.05, 0.1) is 0 Å². The summed E-state index contributed by atoms with van der Waals surface area (Å²) >= 11 is 1.55. The highest BCUT2D eigenvalue weighted by Gasteiger charge is 2.24. The van der Waals surface area contributed by atoms with E-state index < -0.39 is 23.7 Å². The van der Waals surface area contributed by atoms with Gasteiger partial charge in [-0.2, -0.15) is 11.8 Å². The molecule has 0 aliphatic carbocycles. The van der Waals surface area contributed by atoms with Gasteiger partial charge < -0.3 is 19.2 Å². The van der Waals surface area contributed by atoms with Gasteiger partial charge >= 0.3 is 17.7 Å². The monoisotopic (exact) mass is 455 g/mol. The van der Waals surface area contributed by atoms with Gasteiger partial charge in [0.2, 0.25) is 0 Å². The Kier molecular flexibility index (Phi) is 7.94. The number of aryl methyl sites for hydroxylation is 1. The SMILES string of the molecule is CSCCC(NC(=O)OCc1ccccc1)C(=O)Oc1ccc2c(C)c(C)c(=O)oc2c1. The van der Waals surface area contributed by atoms with Crippen LogP contribution in [0.15, 0.2) is 57.7 Å². The highest BCUT2D eigenvalue weighted by Crippen LogP contribution is 2.24. The fourth-order valence-electron chi connectivity index (χ4n) is 3.07. The largest absolute Gasteiger partial charge is 0.445 e. The summed E-state index contributed by atoms with van der Waals surface area (Å²) in [7, 11) is 0. The van der Waals surface area contributed by atoms with Crippen molar-refractivity contribution in [2.75, 3.05) is 12.0 Å². The summed E-state index contributed by atoms with van der Waals surface area (Å²) < 4.78 is 16.0. The molecule has 2 aromatic carbocycles. The highest BCUT2D eigenvalue weighted by atomic mass is 32.2. The van der Waals surface area contributed by atoms with Gasteiger partial charge in [-0.05, 0) is 55.5 Å². The number of carbonyl (C=O) groups excluding carboxylic acids is 2. The van der Waals surface area contributed by atoms with Crippen LogP contribution in [0.3, 0.4) is 0 Å². The van der Waals surface area contributed by atoms with Gasteiger partial charge in [-0.25, -0.2) is 14.4 Å². The van der Waals surface area contributed by atoms with E-state index in [0.717, 1.165) is 16.5 Å². The third-order valence-electron chi connectivity index (χ3n) is 5.05. The summed E-state index contributed by atoms with van der Waals surface area (Å²) in [6.07, 6.45) is 1.58. The molecular formula is C24H25NO6S. The lowest BCUT2D eigenvalue weighted by Crippen LogP contribution is -2.43. The lowest BCUT2D eigenvalue weighted by Gasteiger charge is -2.17. The minimum atomic E-state index is -0.881. The smallest absolute Gasteiger partial charge is 0.408 e. The third kappa shape index (κ3) is 5.91. The van der Waals surface area contributed by atoms with Crippen LogP contribution in [-0.2, 0) is 16.1 Å². The van der Waals surface area contributed by atoms with Crippen molar-refractivity contribution in [1.29, 1.82) is 0 Å². The van der Waals surface area contributed by atoms with Crippen LogP contribution in [-0.4, -0.2) is 30.1 Å². The van der Waals surface area contributed by atoms with Crippen LogP contribution < -0.4 is 15.7 Å². The van der Waals surface area contributed by atoms with Crippen molar-refractivity contribution in [3.8, 4) is 5.75 Å². The molecule has 8 heteroatoms. The van der Waals surface area contributed by atoms with E-state index >= 15 is 0 Å².